The van der Waals surface area contributed by atoms with Crippen LogP contribution in [-0.4, -0.2) is 102 Å². The second kappa shape index (κ2) is 24.9. The lowest BCUT2D eigenvalue weighted by Crippen LogP contribution is -2.43. The van der Waals surface area contributed by atoms with Crippen molar-refractivity contribution >= 4 is 58.7 Å². The van der Waals surface area contributed by atoms with Crippen LogP contribution >= 0.6 is 23.4 Å². The van der Waals surface area contributed by atoms with Crippen molar-refractivity contribution in [3.05, 3.63) is 104 Å². The molecule has 1 saturated heterocycles. The molecule has 3 aromatic carbocycles. The summed E-state index contributed by atoms with van der Waals surface area (Å²) >= 11 is 7.15. The van der Waals surface area contributed by atoms with Gasteiger partial charge in [-0.05, 0) is 78.4 Å². The summed E-state index contributed by atoms with van der Waals surface area (Å²) in [6.07, 6.45) is -0.498. The average Bonchev–Trinajstić information content (AvgIpc) is 3.23. The van der Waals surface area contributed by atoms with E-state index in [1.807, 2.05) is 12.1 Å². The van der Waals surface area contributed by atoms with Gasteiger partial charge < -0.3 is 35.5 Å². The number of thioether (sulfide) groups is 1. The Morgan fingerprint density at radius 1 is 0.949 bits per heavy atom. The fraction of sp³-hybridized carbons (Fsp3) is 0.436. The Bertz CT molecular complexity index is 1930. The lowest BCUT2D eigenvalue weighted by atomic mass is 10.1. The van der Waals surface area contributed by atoms with Gasteiger partial charge in [0.2, 0.25) is 5.91 Å². The molecule has 59 heavy (non-hydrogen) atoms. The van der Waals surface area contributed by atoms with E-state index in [0.29, 0.717) is 50.1 Å². The Morgan fingerprint density at radius 3 is 2.41 bits per heavy atom. The highest BCUT2D eigenvalue weighted by molar-refractivity contribution is 7.98. The van der Waals surface area contributed by atoms with E-state index in [2.05, 4.69) is 36.1 Å². The molecule has 1 aliphatic heterocycles. The lowest BCUT2D eigenvalue weighted by Gasteiger charge is -2.29. The van der Waals surface area contributed by atoms with Crippen molar-refractivity contribution < 1.29 is 41.8 Å². The van der Waals surface area contributed by atoms with Gasteiger partial charge in [-0.25, -0.2) is 5.43 Å². The van der Waals surface area contributed by atoms with Gasteiger partial charge in [-0.2, -0.15) is 30.0 Å². The van der Waals surface area contributed by atoms with Crippen molar-refractivity contribution in [2.75, 3.05) is 81.8 Å². The summed E-state index contributed by atoms with van der Waals surface area (Å²) in [5.74, 6) is -0.672. The number of piperidine rings is 1. The maximum Gasteiger partial charge on any atom is 0.417 e. The number of hydrogen-bond donors (Lipinski definition) is 4. The van der Waals surface area contributed by atoms with Crippen LogP contribution in [0.15, 0.2) is 70.9 Å². The molecule has 1 heterocycles. The zero-order chi connectivity index (χ0) is 42.5. The highest BCUT2D eigenvalue weighted by Gasteiger charge is 2.33. The first-order valence-corrected chi connectivity index (χ1v) is 20.3. The zero-order valence-electron chi connectivity index (χ0n) is 32.2. The average molecular weight is 862 g/mol. The fourth-order valence-corrected chi connectivity index (χ4v) is 6.85. The smallest absolute Gasteiger partial charge is 0.379 e. The van der Waals surface area contributed by atoms with Crippen LogP contribution in [0.5, 0.6) is 0 Å². The molecule has 0 saturated carbocycles. The summed E-state index contributed by atoms with van der Waals surface area (Å²) < 4.78 is 56.1. The summed E-state index contributed by atoms with van der Waals surface area (Å²) in [6.45, 7) is 4.23. The van der Waals surface area contributed by atoms with Crippen molar-refractivity contribution in [3.63, 3.8) is 0 Å². The Balaban J connectivity index is 1.26. The van der Waals surface area contributed by atoms with Gasteiger partial charge in [0.1, 0.15) is 0 Å². The van der Waals surface area contributed by atoms with Crippen molar-refractivity contribution in [3.8, 4) is 0 Å². The number of nitrogens with two attached hydrogens (primary N) is 1. The quantitative estimate of drug-likeness (QED) is 0.0208. The molecule has 0 spiro atoms. The second-order valence-electron chi connectivity index (χ2n) is 13.1. The molecule has 1 atom stereocenters. The number of nitrogens with one attached hydrogen (secondary N) is 3. The molecule has 0 radical (unpaired) electrons. The molecule has 0 bridgehead atoms. The van der Waals surface area contributed by atoms with E-state index in [1.165, 1.54) is 17.8 Å². The Kier molecular flexibility index (Phi) is 19.8. The van der Waals surface area contributed by atoms with Gasteiger partial charge >= 0.3 is 6.18 Å². The number of alkyl halides is 3. The number of benzene rings is 3. The molecule has 4 rings (SSSR count). The van der Waals surface area contributed by atoms with Gasteiger partial charge in [-0.3, -0.25) is 14.4 Å². The highest BCUT2D eigenvalue weighted by atomic mass is 35.5. The Hall–Kier alpha value is -4.88. The van der Waals surface area contributed by atoms with E-state index in [9.17, 15) is 27.6 Å². The molecule has 0 aliphatic carbocycles. The number of halogens is 4. The molecular formula is C39H47ClF3N9O6S. The molecule has 0 aromatic heterocycles. The third-order valence-electron chi connectivity index (χ3n) is 8.67. The molecule has 5 N–H and O–H groups in total. The zero-order valence-corrected chi connectivity index (χ0v) is 33.8. The van der Waals surface area contributed by atoms with E-state index in [1.54, 1.807) is 30.3 Å². The molecule has 3 amide bonds. The maximum absolute atomic E-state index is 13.5. The topological polar surface area (TPSA) is 205 Å². The van der Waals surface area contributed by atoms with Gasteiger partial charge in [-0.15, -0.1) is 0 Å². The van der Waals surface area contributed by atoms with Crippen LogP contribution in [0.2, 0.25) is 5.02 Å². The minimum absolute atomic E-state index is 0.0709. The van der Waals surface area contributed by atoms with Gasteiger partial charge in [-0.1, -0.05) is 34.9 Å². The standard InChI is InChI=1S/C39H47ClF3N9O6S/c40-33-9-7-27(22-32(33)39(41,42)43)24-48-50-37(54)31-23-30(52-13-2-1-3-14-52)8-10-35(31)49-36(53)29-6-4-5-28(21-29)25-59-26-34(44)38(55)46-11-15-56-17-19-58-20-18-57-16-12-47-51-45/h4-10,21-24,34H,1-3,11-20,25-26,44H2,(H,46,55)(H,49,53)(H,50,54)/t34-/m0/s1. The van der Waals surface area contributed by atoms with Crippen molar-refractivity contribution in [1.29, 1.82) is 0 Å². The predicted molar refractivity (Wildman–Crippen MR) is 222 cm³/mol. The summed E-state index contributed by atoms with van der Waals surface area (Å²) in [6, 6.07) is 14.5. The summed E-state index contributed by atoms with van der Waals surface area (Å²) in [7, 11) is 0. The molecule has 0 unspecified atom stereocenters. The van der Waals surface area contributed by atoms with Crippen molar-refractivity contribution in [2.45, 2.75) is 37.2 Å². The van der Waals surface area contributed by atoms with E-state index in [0.717, 1.165) is 62.0 Å². The lowest BCUT2D eigenvalue weighted by molar-refractivity contribution is -0.137. The maximum atomic E-state index is 13.5. The summed E-state index contributed by atoms with van der Waals surface area (Å²) in [4.78, 5) is 44.2. The number of nitrogens with zero attached hydrogens (tertiary/aromatic N) is 5. The molecule has 20 heteroatoms. The third kappa shape index (κ3) is 16.4. The van der Waals surface area contributed by atoms with Gasteiger partial charge in [0, 0.05) is 53.8 Å². The number of hydrogen-bond acceptors (Lipinski definition) is 11. The van der Waals surface area contributed by atoms with E-state index < -0.39 is 34.6 Å². The number of ether oxygens (including phenoxy) is 3. The number of anilines is 2. The van der Waals surface area contributed by atoms with Crippen LogP contribution in [0.3, 0.4) is 0 Å². The Morgan fingerprint density at radius 2 is 1.68 bits per heavy atom. The number of hydrazone groups is 1. The SMILES string of the molecule is [N-]=[N+]=NCCOCCOCCOCCNC(=O)[C@@H](N)CSCc1cccc(C(=O)Nc2ccc(N3CCCCC3)cc2C(=O)NN=Cc2ccc(Cl)c(C(F)(F)F)c2)c1. The number of amides is 3. The van der Waals surface area contributed by atoms with Crippen LogP contribution < -0.4 is 26.7 Å². The summed E-state index contributed by atoms with van der Waals surface area (Å²) in [5.41, 5.74) is 18.0. The molecule has 3 aromatic rings. The normalized spacial score (nSPS) is 13.5. The molecule has 1 fully saturated rings. The third-order valence-corrected chi connectivity index (χ3v) is 10.1. The Labute approximate surface area is 349 Å². The molecule has 1 aliphatic rings. The minimum atomic E-state index is -4.67. The van der Waals surface area contributed by atoms with Crippen LogP contribution in [0.1, 0.15) is 56.7 Å². The van der Waals surface area contributed by atoms with Gasteiger partial charge in [0.15, 0.2) is 0 Å². The highest BCUT2D eigenvalue weighted by Crippen LogP contribution is 2.35. The largest absolute Gasteiger partial charge is 0.417 e. The van der Waals surface area contributed by atoms with Crippen molar-refractivity contribution in [1.82, 2.24) is 10.7 Å². The predicted octanol–water partition coefficient (Wildman–Crippen LogP) is 6.40. The van der Waals surface area contributed by atoms with Crippen LogP contribution in [0.4, 0.5) is 24.5 Å². The van der Waals surface area contributed by atoms with Gasteiger partial charge in [0.05, 0.1) is 73.7 Å². The van der Waals surface area contributed by atoms with Crippen LogP contribution in [-0.2, 0) is 30.9 Å². The first-order chi connectivity index (χ1) is 28.5. The van der Waals surface area contributed by atoms with E-state index >= 15 is 0 Å². The van der Waals surface area contributed by atoms with Crippen LogP contribution in [0.25, 0.3) is 10.4 Å². The van der Waals surface area contributed by atoms with Crippen molar-refractivity contribution in [2.24, 2.45) is 15.9 Å². The van der Waals surface area contributed by atoms with Gasteiger partial charge in [0.25, 0.3) is 11.8 Å². The number of rotatable bonds is 23. The minimum Gasteiger partial charge on any atom is -0.379 e. The monoisotopic (exact) mass is 861 g/mol. The number of azide groups is 1. The van der Waals surface area contributed by atoms with Crippen LogP contribution in [0, 0.1) is 0 Å². The first kappa shape index (κ1) is 46.8. The molecule has 318 valence electrons. The van der Waals surface area contributed by atoms with E-state index in [4.69, 9.17) is 37.1 Å². The molecular weight excluding hydrogens is 815 g/mol. The fourth-order valence-electron chi connectivity index (χ4n) is 5.69. The number of carbonyl (C=O) groups excluding carboxylic acids is 3. The first-order valence-electron chi connectivity index (χ1n) is 18.8. The molecule has 15 nitrogen and oxygen atoms in total. The summed E-state index contributed by atoms with van der Waals surface area (Å²) in [5, 5.41) is 12.4. The second-order valence-corrected chi connectivity index (χ2v) is 14.5. The number of carbonyl (C=O) groups is 3. The van der Waals surface area contributed by atoms with E-state index in [-0.39, 0.29) is 42.4 Å².